The highest BCUT2D eigenvalue weighted by Gasteiger charge is 2.07. The van der Waals surface area contributed by atoms with E-state index in [9.17, 15) is 0 Å². The van der Waals surface area contributed by atoms with Crippen molar-refractivity contribution in [1.82, 2.24) is 14.8 Å². The first-order valence-electron chi connectivity index (χ1n) is 6.12. The predicted octanol–water partition coefficient (Wildman–Crippen LogP) is 1.75. The van der Waals surface area contributed by atoms with Crippen LogP contribution < -0.4 is 10.5 Å². The van der Waals surface area contributed by atoms with Gasteiger partial charge in [-0.25, -0.2) is 0 Å². The Kier molecular flexibility index (Phi) is 4.81. The summed E-state index contributed by atoms with van der Waals surface area (Å²) in [5, 5.41) is 8.97. The number of nitrogens with zero attached hydrogens (tertiary/aromatic N) is 3. The Morgan fingerprint density at radius 1 is 1.32 bits per heavy atom. The van der Waals surface area contributed by atoms with Gasteiger partial charge in [0.25, 0.3) is 0 Å². The summed E-state index contributed by atoms with van der Waals surface area (Å²) in [5.41, 5.74) is 6.70. The van der Waals surface area contributed by atoms with Crippen LogP contribution in [-0.2, 0) is 13.6 Å². The first-order valence-corrected chi connectivity index (χ1v) is 7.10. The van der Waals surface area contributed by atoms with Crippen LogP contribution in [0.25, 0.3) is 0 Å². The minimum atomic E-state index is 0.407. The second-order valence-electron chi connectivity index (χ2n) is 4.12. The molecule has 2 N–H and O–H groups in total. The van der Waals surface area contributed by atoms with E-state index in [0.717, 1.165) is 28.0 Å². The largest absolute Gasteiger partial charge is 0.492 e. The standard InChI is InChI=1S/C13H18N4OS/c1-10-5-3-4-6-11(10)18-7-8-19-13-16-15-12(9-14)17(13)2/h3-6H,7-9,14H2,1-2H3. The lowest BCUT2D eigenvalue weighted by Crippen LogP contribution is -2.06. The summed E-state index contributed by atoms with van der Waals surface area (Å²) in [6, 6.07) is 8.00. The summed E-state index contributed by atoms with van der Waals surface area (Å²) in [6.45, 7) is 3.09. The molecule has 0 aliphatic heterocycles. The van der Waals surface area contributed by atoms with Crippen molar-refractivity contribution in [2.75, 3.05) is 12.4 Å². The SMILES string of the molecule is Cc1ccccc1OCCSc1nnc(CN)n1C. The first kappa shape index (κ1) is 13.9. The zero-order valence-corrected chi connectivity index (χ0v) is 12.0. The maximum absolute atomic E-state index is 5.73. The topological polar surface area (TPSA) is 66.0 Å². The molecule has 0 unspecified atom stereocenters. The molecule has 1 aromatic heterocycles. The monoisotopic (exact) mass is 278 g/mol. The quantitative estimate of drug-likeness (QED) is 0.644. The molecule has 0 bridgehead atoms. The second kappa shape index (κ2) is 6.58. The Labute approximate surface area is 117 Å². The maximum Gasteiger partial charge on any atom is 0.191 e. The van der Waals surface area contributed by atoms with Gasteiger partial charge in [-0.2, -0.15) is 0 Å². The number of para-hydroxylation sites is 1. The number of aryl methyl sites for hydroxylation is 1. The normalized spacial score (nSPS) is 10.7. The molecule has 2 rings (SSSR count). The molecule has 0 aliphatic carbocycles. The van der Waals surface area contributed by atoms with Gasteiger partial charge >= 0.3 is 0 Å². The van der Waals surface area contributed by atoms with Crippen molar-refractivity contribution >= 4 is 11.8 Å². The molecular weight excluding hydrogens is 260 g/mol. The molecule has 0 saturated carbocycles. The molecule has 6 heteroatoms. The van der Waals surface area contributed by atoms with Crippen molar-refractivity contribution < 1.29 is 4.74 Å². The Bertz CT molecular complexity index is 541. The molecule has 0 atom stereocenters. The van der Waals surface area contributed by atoms with Crippen LogP contribution in [0, 0.1) is 6.92 Å². The molecule has 0 fully saturated rings. The third kappa shape index (κ3) is 3.48. The van der Waals surface area contributed by atoms with Gasteiger partial charge in [-0.1, -0.05) is 30.0 Å². The molecule has 0 aliphatic rings. The zero-order valence-electron chi connectivity index (χ0n) is 11.2. The number of benzene rings is 1. The lowest BCUT2D eigenvalue weighted by atomic mass is 10.2. The predicted molar refractivity (Wildman–Crippen MR) is 76.3 cm³/mol. The van der Waals surface area contributed by atoms with Crippen LogP contribution >= 0.6 is 11.8 Å². The van der Waals surface area contributed by atoms with Gasteiger partial charge in [0, 0.05) is 12.8 Å². The number of nitrogens with two attached hydrogens (primary N) is 1. The molecule has 1 heterocycles. The number of hydrogen-bond acceptors (Lipinski definition) is 5. The molecule has 0 radical (unpaired) electrons. The third-order valence-corrected chi connectivity index (χ3v) is 3.76. The van der Waals surface area contributed by atoms with Crippen LogP contribution in [0.5, 0.6) is 5.75 Å². The van der Waals surface area contributed by atoms with Crippen molar-refractivity contribution in [3.63, 3.8) is 0 Å². The van der Waals surface area contributed by atoms with Gasteiger partial charge in [-0.3, -0.25) is 0 Å². The van der Waals surface area contributed by atoms with Crippen molar-refractivity contribution in [2.45, 2.75) is 18.6 Å². The Morgan fingerprint density at radius 3 is 2.79 bits per heavy atom. The Balaban J connectivity index is 1.81. The van der Waals surface area contributed by atoms with Gasteiger partial charge in [-0.15, -0.1) is 10.2 Å². The fourth-order valence-corrected chi connectivity index (χ4v) is 2.40. The molecule has 5 nitrogen and oxygen atoms in total. The van der Waals surface area contributed by atoms with Gasteiger partial charge in [-0.05, 0) is 18.6 Å². The molecule has 0 spiro atoms. The minimum Gasteiger partial charge on any atom is -0.492 e. The van der Waals surface area contributed by atoms with E-state index in [2.05, 4.69) is 10.2 Å². The van der Waals surface area contributed by atoms with Crippen molar-refractivity contribution in [3.05, 3.63) is 35.7 Å². The van der Waals surface area contributed by atoms with Crippen LogP contribution in [0.4, 0.5) is 0 Å². The van der Waals surface area contributed by atoms with E-state index in [4.69, 9.17) is 10.5 Å². The van der Waals surface area contributed by atoms with Crippen LogP contribution in [0.1, 0.15) is 11.4 Å². The lowest BCUT2D eigenvalue weighted by Gasteiger charge is -2.08. The maximum atomic E-state index is 5.73. The lowest BCUT2D eigenvalue weighted by molar-refractivity contribution is 0.341. The average molecular weight is 278 g/mol. The van der Waals surface area contributed by atoms with Crippen LogP contribution in [-0.4, -0.2) is 27.1 Å². The van der Waals surface area contributed by atoms with Crippen molar-refractivity contribution in [3.8, 4) is 5.75 Å². The number of hydrogen-bond donors (Lipinski definition) is 1. The molecule has 1 aromatic carbocycles. The first-order chi connectivity index (χ1) is 9.22. The van der Waals surface area contributed by atoms with E-state index in [1.807, 2.05) is 42.8 Å². The van der Waals surface area contributed by atoms with E-state index < -0.39 is 0 Å². The van der Waals surface area contributed by atoms with Crippen molar-refractivity contribution in [2.24, 2.45) is 12.8 Å². The smallest absolute Gasteiger partial charge is 0.191 e. The highest BCUT2D eigenvalue weighted by molar-refractivity contribution is 7.99. The highest BCUT2D eigenvalue weighted by Crippen LogP contribution is 2.18. The van der Waals surface area contributed by atoms with Crippen LogP contribution in [0.2, 0.25) is 0 Å². The summed E-state index contributed by atoms with van der Waals surface area (Å²) in [5.74, 6) is 2.55. The summed E-state index contributed by atoms with van der Waals surface area (Å²) >= 11 is 1.62. The highest BCUT2D eigenvalue weighted by atomic mass is 32.2. The number of thioether (sulfide) groups is 1. The molecular formula is C13H18N4OS. The van der Waals surface area contributed by atoms with Gasteiger partial charge in [0.15, 0.2) is 5.16 Å². The van der Waals surface area contributed by atoms with Crippen molar-refractivity contribution in [1.29, 1.82) is 0 Å². The summed E-state index contributed by atoms with van der Waals surface area (Å²) < 4.78 is 7.64. The Hall–Kier alpha value is -1.53. The fraction of sp³-hybridized carbons (Fsp3) is 0.385. The molecule has 0 amide bonds. The van der Waals surface area contributed by atoms with E-state index in [1.54, 1.807) is 11.8 Å². The van der Waals surface area contributed by atoms with Crippen LogP contribution in [0.3, 0.4) is 0 Å². The molecule has 2 aromatic rings. The number of aromatic nitrogens is 3. The summed E-state index contributed by atoms with van der Waals surface area (Å²) in [6.07, 6.45) is 0. The summed E-state index contributed by atoms with van der Waals surface area (Å²) in [7, 11) is 1.92. The fourth-order valence-electron chi connectivity index (χ4n) is 1.65. The zero-order chi connectivity index (χ0) is 13.7. The van der Waals surface area contributed by atoms with E-state index in [0.29, 0.717) is 13.2 Å². The van der Waals surface area contributed by atoms with Gasteiger partial charge < -0.3 is 15.0 Å². The molecule has 0 saturated heterocycles. The van der Waals surface area contributed by atoms with E-state index in [-0.39, 0.29) is 0 Å². The minimum absolute atomic E-state index is 0.407. The second-order valence-corrected chi connectivity index (χ2v) is 5.19. The number of rotatable bonds is 6. The Morgan fingerprint density at radius 2 is 2.11 bits per heavy atom. The number of ether oxygens (including phenoxy) is 1. The van der Waals surface area contributed by atoms with E-state index >= 15 is 0 Å². The molecule has 102 valence electrons. The van der Waals surface area contributed by atoms with Gasteiger partial charge in [0.05, 0.1) is 13.2 Å². The summed E-state index contributed by atoms with van der Waals surface area (Å²) in [4.78, 5) is 0. The van der Waals surface area contributed by atoms with Gasteiger partial charge in [0.2, 0.25) is 0 Å². The van der Waals surface area contributed by atoms with E-state index in [1.165, 1.54) is 0 Å². The molecule has 19 heavy (non-hydrogen) atoms. The third-order valence-electron chi connectivity index (χ3n) is 2.77. The van der Waals surface area contributed by atoms with Crippen LogP contribution in [0.15, 0.2) is 29.4 Å². The van der Waals surface area contributed by atoms with Gasteiger partial charge in [0.1, 0.15) is 11.6 Å². The average Bonchev–Trinajstić information content (AvgIpc) is 2.77.